The van der Waals surface area contributed by atoms with Gasteiger partial charge in [0.2, 0.25) is 0 Å². The van der Waals surface area contributed by atoms with Crippen molar-refractivity contribution in [3.05, 3.63) is 64.7 Å². The van der Waals surface area contributed by atoms with Gasteiger partial charge in [-0.2, -0.15) is 0 Å². The molecule has 2 atom stereocenters. The Balaban J connectivity index is 1.99. The van der Waals surface area contributed by atoms with Gasteiger partial charge in [-0.3, -0.25) is 4.79 Å². The Kier molecular flexibility index (Phi) is 5.43. The first-order chi connectivity index (χ1) is 10.9. The second-order valence-electron chi connectivity index (χ2n) is 6.10. The number of amides is 1. The lowest BCUT2D eigenvalue weighted by Gasteiger charge is -2.20. The van der Waals surface area contributed by atoms with E-state index in [4.69, 9.17) is 4.74 Å². The summed E-state index contributed by atoms with van der Waals surface area (Å²) in [7, 11) is 0. The first kappa shape index (κ1) is 17.1. The molecule has 0 aliphatic carbocycles. The van der Waals surface area contributed by atoms with Crippen molar-refractivity contribution in [3.8, 4) is 5.75 Å². The van der Waals surface area contributed by atoms with Gasteiger partial charge in [0.05, 0.1) is 6.04 Å². The molecule has 0 aromatic heterocycles. The van der Waals surface area contributed by atoms with Crippen LogP contribution in [0.15, 0.2) is 42.5 Å². The van der Waals surface area contributed by atoms with Crippen LogP contribution >= 0.6 is 0 Å². The van der Waals surface area contributed by atoms with E-state index < -0.39 is 6.10 Å². The predicted octanol–water partition coefficient (Wildman–Crippen LogP) is 4.26. The summed E-state index contributed by atoms with van der Waals surface area (Å²) in [6.07, 6.45) is -0.539. The van der Waals surface area contributed by atoms with Gasteiger partial charge in [0.1, 0.15) is 5.75 Å². The molecule has 0 aliphatic heterocycles. The minimum atomic E-state index is -0.539. The van der Waals surface area contributed by atoms with Crippen LogP contribution in [-0.2, 0) is 4.79 Å². The summed E-state index contributed by atoms with van der Waals surface area (Å²) in [5, 5.41) is 3.01. The molecule has 0 saturated heterocycles. The zero-order valence-corrected chi connectivity index (χ0v) is 14.5. The highest BCUT2D eigenvalue weighted by Crippen LogP contribution is 2.22. The van der Waals surface area contributed by atoms with Crippen LogP contribution in [0.1, 0.15) is 42.1 Å². The molecule has 0 radical (unpaired) electrons. The summed E-state index contributed by atoms with van der Waals surface area (Å²) in [4.78, 5) is 12.4. The normalized spacial score (nSPS) is 13.3. The molecule has 0 spiro atoms. The molecule has 2 aromatic rings. The zero-order chi connectivity index (χ0) is 17.0. The monoisotopic (exact) mass is 311 g/mol. The molecule has 3 nitrogen and oxygen atoms in total. The maximum absolute atomic E-state index is 12.4. The first-order valence-corrected chi connectivity index (χ1v) is 7.98. The first-order valence-electron chi connectivity index (χ1n) is 7.98. The van der Waals surface area contributed by atoms with E-state index in [2.05, 4.69) is 5.32 Å². The lowest BCUT2D eigenvalue weighted by atomic mass is 10.1. The smallest absolute Gasteiger partial charge is 0.261 e. The highest BCUT2D eigenvalue weighted by atomic mass is 16.5. The van der Waals surface area contributed by atoms with E-state index in [0.29, 0.717) is 0 Å². The SMILES string of the molecule is Cc1ccc(C(C)NC(=O)C(C)Oc2cccc(C)c2C)cc1. The van der Waals surface area contributed by atoms with E-state index in [1.807, 2.05) is 70.2 Å². The van der Waals surface area contributed by atoms with Crippen LogP contribution in [0.3, 0.4) is 0 Å². The second-order valence-corrected chi connectivity index (χ2v) is 6.10. The molecule has 1 amide bonds. The Labute approximate surface area is 138 Å². The number of benzene rings is 2. The largest absolute Gasteiger partial charge is 0.481 e. The molecule has 0 heterocycles. The Morgan fingerprint density at radius 1 is 1.00 bits per heavy atom. The van der Waals surface area contributed by atoms with Crippen LogP contribution in [0.25, 0.3) is 0 Å². The van der Waals surface area contributed by atoms with E-state index in [0.717, 1.165) is 22.4 Å². The van der Waals surface area contributed by atoms with Gasteiger partial charge in [0.15, 0.2) is 6.10 Å². The van der Waals surface area contributed by atoms with Gasteiger partial charge >= 0.3 is 0 Å². The van der Waals surface area contributed by atoms with Gasteiger partial charge in [-0.25, -0.2) is 0 Å². The minimum absolute atomic E-state index is 0.0484. The van der Waals surface area contributed by atoms with Crippen molar-refractivity contribution >= 4 is 5.91 Å². The Morgan fingerprint density at radius 3 is 2.30 bits per heavy atom. The van der Waals surface area contributed by atoms with E-state index in [1.165, 1.54) is 5.56 Å². The summed E-state index contributed by atoms with van der Waals surface area (Å²) in [6, 6.07) is 14.0. The zero-order valence-electron chi connectivity index (χ0n) is 14.5. The molecule has 2 rings (SSSR count). The number of hydrogen-bond donors (Lipinski definition) is 1. The highest BCUT2D eigenvalue weighted by Gasteiger charge is 2.18. The molecular weight excluding hydrogens is 286 g/mol. The molecule has 3 heteroatoms. The second kappa shape index (κ2) is 7.32. The van der Waals surface area contributed by atoms with E-state index >= 15 is 0 Å². The molecule has 122 valence electrons. The van der Waals surface area contributed by atoms with Crippen LogP contribution < -0.4 is 10.1 Å². The third-order valence-electron chi connectivity index (χ3n) is 4.16. The number of rotatable bonds is 5. The topological polar surface area (TPSA) is 38.3 Å². The van der Waals surface area contributed by atoms with Crippen LogP contribution in [0, 0.1) is 20.8 Å². The molecule has 1 N–H and O–H groups in total. The molecule has 2 unspecified atom stereocenters. The molecule has 0 aliphatic rings. The third-order valence-corrected chi connectivity index (χ3v) is 4.16. The Hall–Kier alpha value is -2.29. The number of aryl methyl sites for hydroxylation is 2. The molecule has 0 bridgehead atoms. The summed E-state index contributed by atoms with van der Waals surface area (Å²) in [6.45, 7) is 9.84. The number of carbonyl (C=O) groups is 1. The van der Waals surface area contributed by atoms with Gasteiger partial charge in [-0.1, -0.05) is 42.0 Å². The third kappa shape index (κ3) is 4.35. The van der Waals surface area contributed by atoms with Crippen molar-refractivity contribution in [2.45, 2.75) is 46.8 Å². The van der Waals surface area contributed by atoms with Crippen LogP contribution in [0.5, 0.6) is 5.75 Å². The van der Waals surface area contributed by atoms with Crippen molar-refractivity contribution in [1.82, 2.24) is 5.32 Å². The van der Waals surface area contributed by atoms with Crippen LogP contribution in [0.2, 0.25) is 0 Å². The summed E-state index contributed by atoms with van der Waals surface area (Å²) >= 11 is 0. The predicted molar refractivity (Wildman–Crippen MR) is 93.7 cm³/mol. The molecule has 23 heavy (non-hydrogen) atoms. The number of ether oxygens (including phenoxy) is 1. The average Bonchev–Trinajstić information content (AvgIpc) is 2.52. The fourth-order valence-corrected chi connectivity index (χ4v) is 2.37. The fraction of sp³-hybridized carbons (Fsp3) is 0.350. The minimum Gasteiger partial charge on any atom is -0.481 e. The lowest BCUT2D eigenvalue weighted by molar-refractivity contribution is -0.127. The number of carbonyl (C=O) groups excluding carboxylic acids is 1. The standard InChI is InChI=1S/C20H25NO2/c1-13-9-11-18(12-10-13)16(4)21-20(22)17(5)23-19-8-6-7-14(2)15(19)3/h6-12,16-17H,1-5H3,(H,21,22). The molecule has 0 fully saturated rings. The van der Waals surface area contributed by atoms with Crippen LogP contribution in [-0.4, -0.2) is 12.0 Å². The number of nitrogens with one attached hydrogen (secondary N) is 1. The van der Waals surface area contributed by atoms with Crippen molar-refractivity contribution in [3.63, 3.8) is 0 Å². The van der Waals surface area contributed by atoms with Crippen LogP contribution in [0.4, 0.5) is 0 Å². The van der Waals surface area contributed by atoms with Crippen molar-refractivity contribution in [1.29, 1.82) is 0 Å². The Morgan fingerprint density at radius 2 is 1.65 bits per heavy atom. The average molecular weight is 311 g/mol. The van der Waals surface area contributed by atoms with Crippen molar-refractivity contribution in [2.24, 2.45) is 0 Å². The molecule has 2 aromatic carbocycles. The highest BCUT2D eigenvalue weighted by molar-refractivity contribution is 5.81. The van der Waals surface area contributed by atoms with E-state index in [9.17, 15) is 4.79 Å². The van der Waals surface area contributed by atoms with Gasteiger partial charge in [0, 0.05) is 0 Å². The van der Waals surface area contributed by atoms with Crippen molar-refractivity contribution < 1.29 is 9.53 Å². The maximum Gasteiger partial charge on any atom is 0.261 e. The van der Waals surface area contributed by atoms with Gasteiger partial charge in [-0.15, -0.1) is 0 Å². The Bertz CT molecular complexity index is 677. The van der Waals surface area contributed by atoms with Gasteiger partial charge in [-0.05, 0) is 57.4 Å². The molecule has 0 saturated carbocycles. The molecular formula is C20H25NO2. The van der Waals surface area contributed by atoms with Gasteiger partial charge < -0.3 is 10.1 Å². The van der Waals surface area contributed by atoms with E-state index in [-0.39, 0.29) is 11.9 Å². The van der Waals surface area contributed by atoms with Crippen molar-refractivity contribution in [2.75, 3.05) is 0 Å². The summed E-state index contributed by atoms with van der Waals surface area (Å²) < 4.78 is 5.83. The quantitative estimate of drug-likeness (QED) is 0.896. The fourth-order valence-electron chi connectivity index (χ4n) is 2.37. The van der Waals surface area contributed by atoms with Gasteiger partial charge in [0.25, 0.3) is 5.91 Å². The maximum atomic E-state index is 12.4. The summed E-state index contributed by atoms with van der Waals surface area (Å²) in [5.41, 5.74) is 4.52. The van der Waals surface area contributed by atoms with E-state index in [1.54, 1.807) is 6.92 Å². The number of hydrogen-bond acceptors (Lipinski definition) is 2. The summed E-state index contributed by atoms with van der Waals surface area (Å²) in [5.74, 6) is 0.648. The lowest BCUT2D eigenvalue weighted by Crippen LogP contribution is -2.37.